The lowest BCUT2D eigenvalue weighted by Gasteiger charge is -2.27. The molecular formula is C17H23N5O3. The number of methoxy groups -OCH3 is 2. The number of nitrogens with zero attached hydrogens (tertiary/aromatic N) is 4. The Kier molecular flexibility index (Phi) is 5.97. The number of hydrogen-bond acceptors (Lipinski definition) is 8. The van der Waals surface area contributed by atoms with Crippen LogP contribution in [0.15, 0.2) is 24.4 Å². The standard InChI is InChI=1S/C17H23N5O3/c1-23-15-10-14(20-17(21-15)22-8-6-18-7-9-22)12-25-11-13-4-3-5-19-16(13)24-2/h3-5,10,18H,6-9,11-12H2,1-2H3. The maximum absolute atomic E-state index is 5.79. The van der Waals surface area contributed by atoms with Gasteiger partial charge in [-0.25, -0.2) is 9.97 Å². The van der Waals surface area contributed by atoms with E-state index in [-0.39, 0.29) is 0 Å². The quantitative estimate of drug-likeness (QED) is 0.796. The third-order valence-corrected chi connectivity index (χ3v) is 3.90. The molecule has 0 amide bonds. The maximum Gasteiger partial charge on any atom is 0.229 e. The van der Waals surface area contributed by atoms with Crippen molar-refractivity contribution in [3.05, 3.63) is 35.7 Å². The summed E-state index contributed by atoms with van der Waals surface area (Å²) in [6.07, 6.45) is 1.69. The molecule has 3 rings (SSSR count). The number of ether oxygens (including phenoxy) is 3. The topological polar surface area (TPSA) is 81.6 Å². The number of rotatable bonds is 7. The van der Waals surface area contributed by atoms with E-state index in [4.69, 9.17) is 14.2 Å². The molecule has 0 spiro atoms. The molecule has 0 unspecified atom stereocenters. The van der Waals surface area contributed by atoms with Crippen LogP contribution in [-0.4, -0.2) is 55.4 Å². The average molecular weight is 345 g/mol. The van der Waals surface area contributed by atoms with Gasteiger partial charge in [0.25, 0.3) is 0 Å². The van der Waals surface area contributed by atoms with Gasteiger partial charge in [0.1, 0.15) is 0 Å². The molecule has 8 heteroatoms. The zero-order valence-electron chi connectivity index (χ0n) is 14.6. The lowest BCUT2D eigenvalue weighted by Crippen LogP contribution is -2.44. The largest absolute Gasteiger partial charge is 0.481 e. The molecule has 0 bridgehead atoms. The summed E-state index contributed by atoms with van der Waals surface area (Å²) < 4.78 is 16.3. The minimum absolute atomic E-state index is 0.357. The summed E-state index contributed by atoms with van der Waals surface area (Å²) >= 11 is 0. The van der Waals surface area contributed by atoms with Gasteiger partial charge < -0.3 is 24.4 Å². The first-order valence-corrected chi connectivity index (χ1v) is 8.23. The van der Waals surface area contributed by atoms with Crippen molar-refractivity contribution in [3.63, 3.8) is 0 Å². The summed E-state index contributed by atoms with van der Waals surface area (Å²) in [5.74, 6) is 1.80. The highest BCUT2D eigenvalue weighted by Gasteiger charge is 2.15. The van der Waals surface area contributed by atoms with Crippen molar-refractivity contribution in [1.82, 2.24) is 20.3 Å². The van der Waals surface area contributed by atoms with Crippen LogP contribution in [-0.2, 0) is 18.0 Å². The van der Waals surface area contributed by atoms with Crippen LogP contribution < -0.4 is 19.7 Å². The number of piperazine rings is 1. The van der Waals surface area contributed by atoms with Crippen molar-refractivity contribution in [2.45, 2.75) is 13.2 Å². The van der Waals surface area contributed by atoms with Gasteiger partial charge >= 0.3 is 0 Å². The fourth-order valence-corrected chi connectivity index (χ4v) is 2.63. The van der Waals surface area contributed by atoms with Crippen LogP contribution in [0.1, 0.15) is 11.3 Å². The van der Waals surface area contributed by atoms with Gasteiger partial charge in [-0.1, -0.05) is 0 Å². The van der Waals surface area contributed by atoms with Gasteiger partial charge in [0.05, 0.1) is 33.1 Å². The number of anilines is 1. The molecule has 2 aromatic rings. The summed E-state index contributed by atoms with van der Waals surface area (Å²) in [6.45, 7) is 4.35. The van der Waals surface area contributed by atoms with Crippen LogP contribution in [0.5, 0.6) is 11.8 Å². The van der Waals surface area contributed by atoms with Crippen LogP contribution in [0.2, 0.25) is 0 Å². The van der Waals surface area contributed by atoms with Crippen LogP contribution in [0, 0.1) is 0 Å². The van der Waals surface area contributed by atoms with Gasteiger partial charge in [-0.05, 0) is 12.1 Å². The van der Waals surface area contributed by atoms with E-state index in [1.807, 2.05) is 12.1 Å². The lowest BCUT2D eigenvalue weighted by atomic mass is 10.3. The number of hydrogen-bond donors (Lipinski definition) is 1. The van der Waals surface area contributed by atoms with E-state index in [0.717, 1.165) is 37.4 Å². The van der Waals surface area contributed by atoms with Crippen molar-refractivity contribution in [3.8, 4) is 11.8 Å². The van der Waals surface area contributed by atoms with Gasteiger partial charge in [-0.15, -0.1) is 0 Å². The van der Waals surface area contributed by atoms with Crippen molar-refractivity contribution in [2.75, 3.05) is 45.3 Å². The molecule has 3 heterocycles. The second-order valence-corrected chi connectivity index (χ2v) is 5.60. The summed E-state index contributed by atoms with van der Waals surface area (Å²) in [5.41, 5.74) is 1.68. The molecule has 8 nitrogen and oxygen atoms in total. The van der Waals surface area contributed by atoms with Crippen LogP contribution in [0.3, 0.4) is 0 Å². The molecular weight excluding hydrogens is 322 g/mol. The van der Waals surface area contributed by atoms with Gasteiger partial charge in [-0.3, -0.25) is 0 Å². The van der Waals surface area contributed by atoms with Crippen LogP contribution >= 0.6 is 0 Å². The Morgan fingerprint density at radius 2 is 1.96 bits per heavy atom. The molecule has 0 saturated carbocycles. The first-order valence-electron chi connectivity index (χ1n) is 8.23. The molecule has 1 fully saturated rings. The van der Waals surface area contributed by atoms with E-state index in [9.17, 15) is 0 Å². The molecule has 1 aliphatic rings. The Morgan fingerprint density at radius 1 is 1.12 bits per heavy atom. The van der Waals surface area contributed by atoms with E-state index in [1.54, 1.807) is 26.5 Å². The van der Waals surface area contributed by atoms with Gasteiger partial charge in [0, 0.05) is 44.0 Å². The summed E-state index contributed by atoms with van der Waals surface area (Å²) in [7, 11) is 3.20. The SMILES string of the molecule is COc1cc(COCc2cccnc2OC)nc(N2CCNCC2)n1. The van der Waals surface area contributed by atoms with E-state index in [2.05, 4.69) is 25.2 Å². The lowest BCUT2D eigenvalue weighted by molar-refractivity contribution is 0.102. The summed E-state index contributed by atoms with van der Waals surface area (Å²) in [6, 6.07) is 5.59. The summed E-state index contributed by atoms with van der Waals surface area (Å²) in [5, 5.41) is 3.32. The number of pyridine rings is 1. The Morgan fingerprint density at radius 3 is 2.72 bits per heavy atom. The highest BCUT2D eigenvalue weighted by molar-refractivity contribution is 5.35. The Balaban J connectivity index is 1.67. The van der Waals surface area contributed by atoms with Gasteiger partial charge in [0.15, 0.2) is 0 Å². The predicted molar refractivity (Wildman–Crippen MR) is 92.9 cm³/mol. The zero-order chi connectivity index (χ0) is 17.5. The first-order chi connectivity index (χ1) is 12.3. The molecule has 0 aromatic carbocycles. The van der Waals surface area contributed by atoms with Crippen molar-refractivity contribution >= 4 is 5.95 Å². The molecule has 1 saturated heterocycles. The number of nitrogens with one attached hydrogen (secondary N) is 1. The van der Waals surface area contributed by atoms with Crippen molar-refractivity contribution < 1.29 is 14.2 Å². The van der Waals surface area contributed by atoms with Crippen LogP contribution in [0.25, 0.3) is 0 Å². The monoisotopic (exact) mass is 345 g/mol. The maximum atomic E-state index is 5.79. The van der Waals surface area contributed by atoms with E-state index in [0.29, 0.717) is 30.9 Å². The minimum Gasteiger partial charge on any atom is -0.481 e. The van der Waals surface area contributed by atoms with Gasteiger partial charge in [-0.2, -0.15) is 4.98 Å². The Bertz CT molecular complexity index is 692. The smallest absolute Gasteiger partial charge is 0.229 e. The molecule has 0 atom stereocenters. The fourth-order valence-electron chi connectivity index (χ4n) is 2.63. The van der Waals surface area contributed by atoms with E-state index < -0.39 is 0 Å². The molecule has 25 heavy (non-hydrogen) atoms. The fraction of sp³-hybridized carbons (Fsp3) is 0.471. The Labute approximate surface area is 147 Å². The molecule has 2 aromatic heterocycles. The van der Waals surface area contributed by atoms with E-state index >= 15 is 0 Å². The van der Waals surface area contributed by atoms with Crippen molar-refractivity contribution in [1.29, 1.82) is 0 Å². The normalized spacial score (nSPS) is 14.4. The molecule has 1 N–H and O–H groups in total. The van der Waals surface area contributed by atoms with Crippen molar-refractivity contribution in [2.24, 2.45) is 0 Å². The Hall–Kier alpha value is -2.45. The van der Waals surface area contributed by atoms with E-state index in [1.165, 1.54) is 0 Å². The highest BCUT2D eigenvalue weighted by Crippen LogP contribution is 2.18. The third-order valence-electron chi connectivity index (χ3n) is 3.90. The molecule has 134 valence electrons. The third kappa shape index (κ3) is 4.55. The molecule has 1 aliphatic heterocycles. The van der Waals surface area contributed by atoms with Crippen LogP contribution in [0.4, 0.5) is 5.95 Å². The predicted octanol–water partition coefficient (Wildman–Crippen LogP) is 1.02. The molecule has 0 aliphatic carbocycles. The van der Waals surface area contributed by atoms with Gasteiger partial charge in [0.2, 0.25) is 17.7 Å². The average Bonchev–Trinajstić information content (AvgIpc) is 2.68. The zero-order valence-corrected chi connectivity index (χ0v) is 14.6. The molecule has 0 radical (unpaired) electrons. The second-order valence-electron chi connectivity index (χ2n) is 5.60. The first kappa shape index (κ1) is 17.4. The second kappa shape index (κ2) is 8.59. The number of aromatic nitrogens is 3. The summed E-state index contributed by atoms with van der Waals surface area (Å²) in [4.78, 5) is 15.4. The highest BCUT2D eigenvalue weighted by atomic mass is 16.5. The minimum atomic E-state index is 0.357.